The SMILES string of the molecule is CCC1CN(c2nc(C)nc(NN)c2C)CCCO1. The van der Waals surface area contributed by atoms with E-state index in [0.29, 0.717) is 5.82 Å². The first-order chi connectivity index (χ1) is 9.15. The zero-order chi connectivity index (χ0) is 13.8. The third kappa shape index (κ3) is 3.13. The van der Waals surface area contributed by atoms with Gasteiger partial charge in [0.25, 0.3) is 0 Å². The Morgan fingerprint density at radius 3 is 2.89 bits per heavy atom. The maximum Gasteiger partial charge on any atom is 0.148 e. The Bertz CT molecular complexity index is 437. The van der Waals surface area contributed by atoms with Crippen LogP contribution in [0.1, 0.15) is 31.2 Å². The summed E-state index contributed by atoms with van der Waals surface area (Å²) in [6, 6.07) is 0. The van der Waals surface area contributed by atoms with Gasteiger partial charge in [0, 0.05) is 25.3 Å². The van der Waals surface area contributed by atoms with E-state index in [1.54, 1.807) is 0 Å². The van der Waals surface area contributed by atoms with Gasteiger partial charge < -0.3 is 15.1 Å². The van der Waals surface area contributed by atoms with Gasteiger partial charge in [-0.05, 0) is 26.7 Å². The minimum Gasteiger partial charge on any atom is -0.376 e. The minimum atomic E-state index is 0.270. The van der Waals surface area contributed by atoms with Crippen LogP contribution in [0.3, 0.4) is 0 Å². The van der Waals surface area contributed by atoms with Crippen molar-refractivity contribution in [2.24, 2.45) is 5.84 Å². The van der Waals surface area contributed by atoms with Crippen molar-refractivity contribution in [3.05, 3.63) is 11.4 Å². The highest BCUT2D eigenvalue weighted by molar-refractivity contribution is 5.58. The molecular weight excluding hydrogens is 242 g/mol. The Balaban J connectivity index is 2.31. The molecule has 3 N–H and O–H groups in total. The van der Waals surface area contributed by atoms with Crippen LogP contribution in [0.15, 0.2) is 0 Å². The Morgan fingerprint density at radius 1 is 1.42 bits per heavy atom. The van der Waals surface area contributed by atoms with Crippen LogP contribution in [0.25, 0.3) is 0 Å². The summed E-state index contributed by atoms with van der Waals surface area (Å²) < 4.78 is 5.81. The molecule has 1 aliphatic rings. The number of nitrogen functional groups attached to an aromatic ring is 1. The van der Waals surface area contributed by atoms with Gasteiger partial charge in [-0.3, -0.25) is 0 Å². The predicted octanol–water partition coefficient (Wildman–Crippen LogP) is 1.38. The van der Waals surface area contributed by atoms with Crippen molar-refractivity contribution in [2.75, 3.05) is 30.0 Å². The van der Waals surface area contributed by atoms with E-state index in [1.807, 2.05) is 13.8 Å². The Kier molecular flexibility index (Phi) is 4.55. The van der Waals surface area contributed by atoms with E-state index >= 15 is 0 Å². The Morgan fingerprint density at radius 2 is 2.21 bits per heavy atom. The molecule has 6 heteroatoms. The number of nitrogens with two attached hydrogens (primary N) is 1. The van der Waals surface area contributed by atoms with Gasteiger partial charge in [-0.25, -0.2) is 15.8 Å². The highest BCUT2D eigenvalue weighted by Gasteiger charge is 2.21. The fraction of sp³-hybridized carbons (Fsp3) is 0.692. The normalized spacial score (nSPS) is 20.2. The number of aryl methyl sites for hydroxylation is 1. The number of hydrazine groups is 1. The molecule has 1 fully saturated rings. The van der Waals surface area contributed by atoms with E-state index in [1.165, 1.54) is 0 Å². The van der Waals surface area contributed by atoms with Crippen molar-refractivity contribution >= 4 is 11.6 Å². The van der Waals surface area contributed by atoms with Gasteiger partial charge in [-0.1, -0.05) is 6.92 Å². The van der Waals surface area contributed by atoms with Gasteiger partial charge in [0.15, 0.2) is 0 Å². The smallest absolute Gasteiger partial charge is 0.148 e. The second kappa shape index (κ2) is 6.16. The zero-order valence-electron chi connectivity index (χ0n) is 11.9. The quantitative estimate of drug-likeness (QED) is 0.635. The second-order valence-corrected chi connectivity index (χ2v) is 4.91. The van der Waals surface area contributed by atoms with Gasteiger partial charge in [0.05, 0.1) is 6.10 Å². The molecule has 1 aliphatic heterocycles. The summed E-state index contributed by atoms with van der Waals surface area (Å²) in [6.45, 7) is 8.68. The van der Waals surface area contributed by atoms with E-state index in [-0.39, 0.29) is 6.10 Å². The average molecular weight is 265 g/mol. The minimum absolute atomic E-state index is 0.270. The summed E-state index contributed by atoms with van der Waals surface area (Å²) in [6.07, 6.45) is 2.30. The standard InChI is InChI=1S/C13H23N5O/c1-4-11-8-18(6-5-7-19-11)13-9(2)12(17-14)15-10(3)16-13/h11H,4-8,14H2,1-3H3,(H,15,16,17). The molecule has 0 amide bonds. The van der Waals surface area contributed by atoms with Crippen molar-refractivity contribution < 1.29 is 4.74 Å². The summed E-state index contributed by atoms with van der Waals surface area (Å²) in [5.41, 5.74) is 3.64. The molecule has 0 aromatic carbocycles. The number of hydrogen-bond donors (Lipinski definition) is 2. The Labute approximate surface area is 114 Å². The van der Waals surface area contributed by atoms with Crippen LogP contribution in [0, 0.1) is 13.8 Å². The maximum atomic E-state index is 5.81. The number of nitrogens with one attached hydrogen (secondary N) is 1. The lowest BCUT2D eigenvalue weighted by atomic mass is 10.2. The highest BCUT2D eigenvalue weighted by Crippen LogP contribution is 2.25. The molecule has 0 bridgehead atoms. The first-order valence-corrected chi connectivity index (χ1v) is 6.84. The Hall–Kier alpha value is -1.40. The van der Waals surface area contributed by atoms with Crippen LogP contribution in [-0.4, -0.2) is 35.8 Å². The molecular formula is C13H23N5O. The van der Waals surface area contributed by atoms with E-state index in [4.69, 9.17) is 10.6 Å². The second-order valence-electron chi connectivity index (χ2n) is 4.91. The largest absolute Gasteiger partial charge is 0.376 e. The molecule has 19 heavy (non-hydrogen) atoms. The molecule has 106 valence electrons. The topological polar surface area (TPSA) is 76.3 Å². The number of anilines is 2. The van der Waals surface area contributed by atoms with Gasteiger partial charge >= 0.3 is 0 Å². The van der Waals surface area contributed by atoms with Gasteiger partial charge in [0.2, 0.25) is 0 Å². The van der Waals surface area contributed by atoms with Crippen LogP contribution in [-0.2, 0) is 4.74 Å². The molecule has 2 rings (SSSR count). The van der Waals surface area contributed by atoms with Crippen LogP contribution >= 0.6 is 0 Å². The van der Waals surface area contributed by atoms with Crippen LogP contribution < -0.4 is 16.2 Å². The van der Waals surface area contributed by atoms with Gasteiger partial charge in [-0.2, -0.15) is 0 Å². The van der Waals surface area contributed by atoms with E-state index < -0.39 is 0 Å². The van der Waals surface area contributed by atoms with Crippen molar-refractivity contribution in [3.8, 4) is 0 Å². The number of nitrogens with zero attached hydrogens (tertiary/aromatic N) is 3. The third-order valence-corrected chi connectivity index (χ3v) is 3.47. The van der Waals surface area contributed by atoms with Crippen molar-refractivity contribution in [2.45, 2.75) is 39.7 Å². The van der Waals surface area contributed by atoms with E-state index in [9.17, 15) is 0 Å². The molecule has 0 saturated carbocycles. The first-order valence-electron chi connectivity index (χ1n) is 6.84. The molecule has 6 nitrogen and oxygen atoms in total. The molecule has 0 aliphatic carbocycles. The zero-order valence-corrected chi connectivity index (χ0v) is 11.9. The molecule has 1 aromatic heterocycles. The molecule has 1 unspecified atom stereocenters. The van der Waals surface area contributed by atoms with Crippen molar-refractivity contribution in [1.82, 2.24) is 9.97 Å². The number of rotatable bonds is 3. The molecule has 1 saturated heterocycles. The fourth-order valence-corrected chi connectivity index (χ4v) is 2.40. The van der Waals surface area contributed by atoms with Crippen LogP contribution in [0.5, 0.6) is 0 Å². The maximum absolute atomic E-state index is 5.81. The summed E-state index contributed by atoms with van der Waals surface area (Å²) in [4.78, 5) is 11.2. The van der Waals surface area contributed by atoms with Gasteiger partial charge in [0.1, 0.15) is 17.5 Å². The molecule has 0 radical (unpaired) electrons. The lowest BCUT2D eigenvalue weighted by Crippen LogP contribution is -2.33. The van der Waals surface area contributed by atoms with E-state index in [0.717, 1.165) is 49.7 Å². The van der Waals surface area contributed by atoms with Gasteiger partial charge in [-0.15, -0.1) is 0 Å². The summed E-state index contributed by atoms with van der Waals surface area (Å²) in [5.74, 6) is 7.90. The number of aromatic nitrogens is 2. The lowest BCUT2D eigenvalue weighted by Gasteiger charge is -2.26. The van der Waals surface area contributed by atoms with E-state index in [2.05, 4.69) is 27.2 Å². The highest BCUT2D eigenvalue weighted by atomic mass is 16.5. The first kappa shape index (κ1) is 14.0. The summed E-state index contributed by atoms with van der Waals surface area (Å²) in [5, 5.41) is 0. The van der Waals surface area contributed by atoms with Crippen LogP contribution in [0.4, 0.5) is 11.6 Å². The molecule has 1 aromatic rings. The summed E-state index contributed by atoms with van der Waals surface area (Å²) in [7, 11) is 0. The molecule has 0 spiro atoms. The monoisotopic (exact) mass is 265 g/mol. The predicted molar refractivity (Wildman–Crippen MR) is 76.2 cm³/mol. The summed E-state index contributed by atoms with van der Waals surface area (Å²) >= 11 is 0. The third-order valence-electron chi connectivity index (χ3n) is 3.47. The number of hydrogen-bond acceptors (Lipinski definition) is 6. The average Bonchev–Trinajstić information content (AvgIpc) is 2.66. The molecule has 2 heterocycles. The molecule has 1 atom stereocenters. The number of ether oxygens (including phenoxy) is 1. The van der Waals surface area contributed by atoms with Crippen molar-refractivity contribution in [3.63, 3.8) is 0 Å². The fourth-order valence-electron chi connectivity index (χ4n) is 2.40. The van der Waals surface area contributed by atoms with Crippen LogP contribution in [0.2, 0.25) is 0 Å². The lowest BCUT2D eigenvalue weighted by molar-refractivity contribution is 0.0664. The van der Waals surface area contributed by atoms with Crippen molar-refractivity contribution in [1.29, 1.82) is 0 Å².